The van der Waals surface area contributed by atoms with E-state index in [4.69, 9.17) is 15.6 Å². The molecule has 0 amide bonds. The molecular weight excluding hydrogens is 182 g/mol. The van der Waals surface area contributed by atoms with Gasteiger partial charge in [0.15, 0.2) is 0 Å². The molecule has 0 aromatic heterocycles. The molecule has 0 saturated carbocycles. The van der Waals surface area contributed by atoms with Gasteiger partial charge in [0.05, 0.1) is 19.8 Å². The van der Waals surface area contributed by atoms with Gasteiger partial charge in [-0.25, -0.2) is 0 Å². The minimum Gasteiger partial charge on any atom is -0.507 e. The summed E-state index contributed by atoms with van der Waals surface area (Å²) < 4.78 is 5.04. The van der Waals surface area contributed by atoms with Crippen LogP contribution in [0.1, 0.15) is 17.2 Å². The predicted molar refractivity (Wildman–Crippen MR) is 53.4 cm³/mol. The van der Waals surface area contributed by atoms with Gasteiger partial charge in [-0.05, 0) is 24.6 Å². The fourth-order valence-electron chi connectivity index (χ4n) is 1.27. The Morgan fingerprint density at radius 2 is 2.14 bits per heavy atom. The second kappa shape index (κ2) is 4.30. The number of benzene rings is 1. The SMILES string of the molecule is COc1cc(C)c(O)c(C(N)CO)c1. The van der Waals surface area contributed by atoms with Crippen LogP contribution in [0, 0.1) is 6.92 Å². The van der Waals surface area contributed by atoms with E-state index >= 15 is 0 Å². The Morgan fingerprint density at radius 1 is 1.50 bits per heavy atom. The number of methoxy groups -OCH3 is 1. The second-order valence-electron chi connectivity index (χ2n) is 3.17. The zero-order chi connectivity index (χ0) is 10.7. The number of phenols is 1. The number of phenolic OH excluding ortho intramolecular Hbond substituents is 1. The molecule has 0 aliphatic heterocycles. The molecule has 1 rings (SSSR count). The van der Waals surface area contributed by atoms with Gasteiger partial charge in [-0.2, -0.15) is 0 Å². The topological polar surface area (TPSA) is 75.7 Å². The van der Waals surface area contributed by atoms with E-state index in [-0.39, 0.29) is 12.4 Å². The number of hydrogen-bond acceptors (Lipinski definition) is 4. The number of ether oxygens (including phenoxy) is 1. The van der Waals surface area contributed by atoms with Gasteiger partial charge in [-0.1, -0.05) is 0 Å². The van der Waals surface area contributed by atoms with Crippen molar-refractivity contribution in [3.05, 3.63) is 23.3 Å². The molecule has 1 atom stereocenters. The average Bonchev–Trinajstić information content (AvgIpc) is 2.20. The first-order chi connectivity index (χ1) is 6.60. The highest BCUT2D eigenvalue weighted by atomic mass is 16.5. The first kappa shape index (κ1) is 10.8. The second-order valence-corrected chi connectivity index (χ2v) is 3.17. The number of hydrogen-bond donors (Lipinski definition) is 3. The lowest BCUT2D eigenvalue weighted by Crippen LogP contribution is -2.15. The lowest BCUT2D eigenvalue weighted by Gasteiger charge is -2.14. The summed E-state index contributed by atoms with van der Waals surface area (Å²) in [4.78, 5) is 0. The van der Waals surface area contributed by atoms with Gasteiger partial charge in [-0.3, -0.25) is 0 Å². The minimum absolute atomic E-state index is 0.118. The fourth-order valence-corrected chi connectivity index (χ4v) is 1.27. The molecular formula is C10H15NO3. The zero-order valence-electron chi connectivity index (χ0n) is 8.32. The van der Waals surface area contributed by atoms with E-state index in [9.17, 15) is 5.11 Å². The van der Waals surface area contributed by atoms with Gasteiger partial charge < -0.3 is 20.7 Å². The summed E-state index contributed by atoms with van der Waals surface area (Å²) in [6, 6.07) is 2.76. The Bertz CT molecular complexity index is 325. The molecule has 0 heterocycles. The van der Waals surface area contributed by atoms with Crippen LogP contribution in [0.2, 0.25) is 0 Å². The maximum Gasteiger partial charge on any atom is 0.123 e. The van der Waals surface area contributed by atoms with Gasteiger partial charge >= 0.3 is 0 Å². The Hall–Kier alpha value is -1.26. The van der Waals surface area contributed by atoms with Crippen LogP contribution < -0.4 is 10.5 Å². The highest BCUT2D eigenvalue weighted by molar-refractivity contribution is 5.47. The van der Waals surface area contributed by atoms with Crippen LogP contribution in [0.25, 0.3) is 0 Å². The van der Waals surface area contributed by atoms with Gasteiger partial charge in [0.25, 0.3) is 0 Å². The van der Waals surface area contributed by atoms with E-state index in [1.807, 2.05) is 0 Å². The van der Waals surface area contributed by atoms with Gasteiger partial charge in [0.1, 0.15) is 11.5 Å². The van der Waals surface area contributed by atoms with Crippen molar-refractivity contribution in [2.75, 3.05) is 13.7 Å². The average molecular weight is 197 g/mol. The number of aliphatic hydroxyl groups is 1. The number of aliphatic hydroxyl groups excluding tert-OH is 1. The van der Waals surface area contributed by atoms with Crippen molar-refractivity contribution in [3.63, 3.8) is 0 Å². The summed E-state index contributed by atoms with van der Waals surface area (Å²) in [5, 5.41) is 18.6. The molecule has 0 saturated heterocycles. The van der Waals surface area contributed by atoms with E-state index in [2.05, 4.69) is 0 Å². The molecule has 0 aliphatic rings. The molecule has 4 nitrogen and oxygen atoms in total. The van der Waals surface area contributed by atoms with E-state index in [1.165, 1.54) is 0 Å². The largest absolute Gasteiger partial charge is 0.507 e. The maximum atomic E-state index is 9.67. The van der Waals surface area contributed by atoms with Crippen molar-refractivity contribution in [1.82, 2.24) is 0 Å². The van der Waals surface area contributed by atoms with Crippen molar-refractivity contribution in [3.8, 4) is 11.5 Å². The molecule has 1 unspecified atom stereocenters. The molecule has 0 radical (unpaired) electrons. The third-order valence-corrected chi connectivity index (χ3v) is 2.14. The third-order valence-electron chi connectivity index (χ3n) is 2.14. The van der Waals surface area contributed by atoms with E-state index < -0.39 is 6.04 Å². The zero-order valence-corrected chi connectivity index (χ0v) is 8.32. The molecule has 1 aromatic carbocycles. The van der Waals surface area contributed by atoms with Crippen molar-refractivity contribution < 1.29 is 14.9 Å². The fraction of sp³-hybridized carbons (Fsp3) is 0.400. The predicted octanol–water partition coefficient (Wildman–Crippen LogP) is 0.701. The van der Waals surface area contributed by atoms with Crippen LogP contribution in [0.4, 0.5) is 0 Å². The lowest BCUT2D eigenvalue weighted by atomic mass is 10.0. The Balaban J connectivity index is 3.20. The molecule has 14 heavy (non-hydrogen) atoms. The Labute approximate surface area is 82.9 Å². The number of aryl methyl sites for hydroxylation is 1. The van der Waals surface area contributed by atoms with Crippen molar-refractivity contribution in [2.45, 2.75) is 13.0 Å². The lowest BCUT2D eigenvalue weighted by molar-refractivity contribution is 0.264. The number of nitrogens with two attached hydrogens (primary N) is 1. The quantitative estimate of drug-likeness (QED) is 0.666. The van der Waals surface area contributed by atoms with Crippen LogP contribution in [0.3, 0.4) is 0 Å². The molecule has 4 heteroatoms. The number of rotatable bonds is 3. The minimum atomic E-state index is -0.580. The third kappa shape index (κ3) is 1.97. The summed E-state index contributed by atoms with van der Waals surface area (Å²) in [6.07, 6.45) is 0. The standard InChI is InChI=1S/C10H15NO3/c1-6-3-7(14-2)4-8(10(6)13)9(11)5-12/h3-4,9,12-13H,5,11H2,1-2H3. The monoisotopic (exact) mass is 197 g/mol. The van der Waals surface area contributed by atoms with Crippen LogP contribution in [-0.2, 0) is 0 Å². The molecule has 0 fully saturated rings. The van der Waals surface area contributed by atoms with Gasteiger partial charge in [0.2, 0.25) is 0 Å². The van der Waals surface area contributed by atoms with Gasteiger partial charge in [-0.15, -0.1) is 0 Å². The Morgan fingerprint density at radius 3 is 2.64 bits per heavy atom. The summed E-state index contributed by atoms with van der Waals surface area (Å²) in [5.41, 5.74) is 6.81. The first-order valence-electron chi connectivity index (χ1n) is 4.34. The number of aromatic hydroxyl groups is 1. The normalized spacial score (nSPS) is 12.6. The molecule has 0 spiro atoms. The van der Waals surface area contributed by atoms with E-state index in [1.54, 1.807) is 26.2 Å². The highest BCUT2D eigenvalue weighted by Gasteiger charge is 2.13. The molecule has 78 valence electrons. The van der Waals surface area contributed by atoms with Crippen LogP contribution in [-0.4, -0.2) is 23.9 Å². The maximum absolute atomic E-state index is 9.67. The Kier molecular flexibility index (Phi) is 3.33. The van der Waals surface area contributed by atoms with Crippen LogP contribution in [0.5, 0.6) is 11.5 Å². The first-order valence-corrected chi connectivity index (χ1v) is 4.34. The molecule has 0 aliphatic carbocycles. The molecule has 0 bridgehead atoms. The smallest absolute Gasteiger partial charge is 0.123 e. The van der Waals surface area contributed by atoms with Crippen molar-refractivity contribution >= 4 is 0 Å². The highest BCUT2D eigenvalue weighted by Crippen LogP contribution is 2.30. The van der Waals surface area contributed by atoms with Crippen molar-refractivity contribution in [1.29, 1.82) is 0 Å². The van der Waals surface area contributed by atoms with Crippen LogP contribution >= 0.6 is 0 Å². The van der Waals surface area contributed by atoms with E-state index in [0.29, 0.717) is 16.9 Å². The van der Waals surface area contributed by atoms with Gasteiger partial charge in [0, 0.05) is 5.56 Å². The summed E-state index contributed by atoms with van der Waals surface area (Å²) in [7, 11) is 1.54. The summed E-state index contributed by atoms with van der Waals surface area (Å²) in [5.74, 6) is 0.742. The summed E-state index contributed by atoms with van der Waals surface area (Å²) in [6.45, 7) is 1.55. The van der Waals surface area contributed by atoms with Crippen LogP contribution in [0.15, 0.2) is 12.1 Å². The van der Waals surface area contributed by atoms with Crippen molar-refractivity contribution in [2.24, 2.45) is 5.73 Å². The van der Waals surface area contributed by atoms with E-state index in [0.717, 1.165) is 0 Å². The molecule has 4 N–H and O–H groups in total. The summed E-state index contributed by atoms with van der Waals surface area (Å²) >= 11 is 0. The molecule has 1 aromatic rings.